The molecule has 1 saturated carbocycles. The van der Waals surface area contributed by atoms with Crippen molar-refractivity contribution >= 4 is 5.97 Å². The van der Waals surface area contributed by atoms with Crippen molar-refractivity contribution in [3.8, 4) is 0 Å². The van der Waals surface area contributed by atoms with Crippen molar-refractivity contribution < 1.29 is 9.53 Å². The Kier molecular flexibility index (Phi) is 2.87. The van der Waals surface area contributed by atoms with Crippen LogP contribution in [0.2, 0.25) is 0 Å². The Morgan fingerprint density at radius 2 is 1.77 bits per heavy atom. The van der Waals surface area contributed by atoms with Crippen molar-refractivity contribution in [2.24, 2.45) is 11.8 Å². The van der Waals surface area contributed by atoms with E-state index in [1.54, 1.807) is 0 Å². The lowest BCUT2D eigenvalue weighted by Gasteiger charge is -2.31. The molecule has 0 spiro atoms. The average molecular weight is 182 g/mol. The first-order chi connectivity index (χ1) is 6.38. The molecule has 0 aromatic rings. The number of carbonyl (C=O) groups is 1. The van der Waals surface area contributed by atoms with Gasteiger partial charge in [0.25, 0.3) is 0 Å². The summed E-state index contributed by atoms with van der Waals surface area (Å²) in [5.41, 5.74) is 0. The Morgan fingerprint density at radius 1 is 1.00 bits per heavy atom. The molecule has 0 aromatic carbocycles. The highest BCUT2D eigenvalue weighted by molar-refractivity contribution is 5.73. The van der Waals surface area contributed by atoms with Gasteiger partial charge in [-0.05, 0) is 31.6 Å². The summed E-state index contributed by atoms with van der Waals surface area (Å²) < 4.78 is 5.10. The predicted octanol–water partition coefficient (Wildman–Crippen LogP) is 2.52. The molecule has 1 heterocycles. The highest BCUT2D eigenvalue weighted by atomic mass is 16.5. The van der Waals surface area contributed by atoms with Crippen LogP contribution in [0.15, 0.2) is 0 Å². The van der Waals surface area contributed by atoms with Crippen LogP contribution in [-0.4, -0.2) is 12.6 Å². The largest absolute Gasteiger partial charge is 0.465 e. The molecule has 0 aromatic heterocycles. The third-order valence-corrected chi connectivity index (χ3v) is 3.43. The third-order valence-electron chi connectivity index (χ3n) is 3.43. The van der Waals surface area contributed by atoms with Crippen LogP contribution in [0.5, 0.6) is 0 Å². The summed E-state index contributed by atoms with van der Waals surface area (Å²) in [5, 5.41) is 0. The number of esters is 1. The molecule has 74 valence electrons. The zero-order valence-corrected chi connectivity index (χ0v) is 8.13. The first kappa shape index (κ1) is 9.04. The van der Waals surface area contributed by atoms with Gasteiger partial charge in [-0.2, -0.15) is 0 Å². The Hall–Kier alpha value is -0.530. The Bertz CT molecular complexity index is 183. The maximum atomic E-state index is 11.5. The number of carbonyl (C=O) groups excluding carboxylic acids is 1. The van der Waals surface area contributed by atoms with Crippen molar-refractivity contribution in [3.05, 3.63) is 0 Å². The van der Waals surface area contributed by atoms with Crippen LogP contribution in [-0.2, 0) is 9.53 Å². The van der Waals surface area contributed by atoms with Gasteiger partial charge in [0.15, 0.2) is 0 Å². The summed E-state index contributed by atoms with van der Waals surface area (Å²) in [7, 11) is 0. The molecule has 1 saturated heterocycles. The van der Waals surface area contributed by atoms with Gasteiger partial charge in [0.1, 0.15) is 0 Å². The molecule has 2 rings (SSSR count). The molecule has 2 nitrogen and oxygen atoms in total. The number of ether oxygens (including phenoxy) is 1. The third kappa shape index (κ3) is 2.04. The average Bonchev–Trinajstić information content (AvgIpc) is 2.20. The van der Waals surface area contributed by atoms with Crippen molar-refractivity contribution in [1.82, 2.24) is 0 Å². The standard InChI is InChI=1S/C11H18O2/c12-11-10(7-4-8-13-11)9-5-2-1-3-6-9/h9-10H,1-8H2/t10-/m0/s1. The van der Waals surface area contributed by atoms with Crippen LogP contribution in [0.3, 0.4) is 0 Å². The summed E-state index contributed by atoms with van der Waals surface area (Å²) in [5.74, 6) is 0.966. The van der Waals surface area contributed by atoms with Crippen LogP contribution < -0.4 is 0 Å². The van der Waals surface area contributed by atoms with E-state index < -0.39 is 0 Å². The fourth-order valence-corrected chi connectivity index (χ4v) is 2.67. The molecule has 0 radical (unpaired) electrons. The molecule has 0 bridgehead atoms. The molecule has 2 heteroatoms. The van der Waals surface area contributed by atoms with Crippen molar-refractivity contribution in [3.63, 3.8) is 0 Å². The molecular weight excluding hydrogens is 164 g/mol. The van der Waals surface area contributed by atoms with Gasteiger partial charge in [0.05, 0.1) is 12.5 Å². The molecule has 1 atom stereocenters. The minimum atomic E-state index is 0.0816. The van der Waals surface area contributed by atoms with Crippen molar-refractivity contribution in [2.75, 3.05) is 6.61 Å². The lowest BCUT2D eigenvalue weighted by molar-refractivity contribution is -0.155. The smallest absolute Gasteiger partial charge is 0.309 e. The molecule has 0 unspecified atom stereocenters. The van der Waals surface area contributed by atoms with Gasteiger partial charge < -0.3 is 4.74 Å². The molecule has 1 aliphatic carbocycles. The number of cyclic esters (lactones) is 1. The van der Waals surface area contributed by atoms with Gasteiger partial charge in [-0.1, -0.05) is 19.3 Å². The molecular formula is C11H18O2. The second-order valence-corrected chi connectivity index (χ2v) is 4.31. The van der Waals surface area contributed by atoms with E-state index in [-0.39, 0.29) is 11.9 Å². The van der Waals surface area contributed by atoms with E-state index in [9.17, 15) is 4.79 Å². The van der Waals surface area contributed by atoms with E-state index in [4.69, 9.17) is 4.74 Å². The predicted molar refractivity (Wildman–Crippen MR) is 50.3 cm³/mol. The maximum absolute atomic E-state index is 11.5. The second kappa shape index (κ2) is 4.12. The minimum Gasteiger partial charge on any atom is -0.465 e. The number of rotatable bonds is 1. The van der Waals surface area contributed by atoms with Crippen LogP contribution in [0.1, 0.15) is 44.9 Å². The SMILES string of the molecule is O=C1OCCC[C@H]1C1CCCCC1. The van der Waals surface area contributed by atoms with Gasteiger partial charge >= 0.3 is 5.97 Å². The zero-order valence-electron chi connectivity index (χ0n) is 8.13. The Morgan fingerprint density at radius 3 is 2.46 bits per heavy atom. The molecule has 13 heavy (non-hydrogen) atoms. The van der Waals surface area contributed by atoms with E-state index in [0.717, 1.165) is 12.8 Å². The monoisotopic (exact) mass is 182 g/mol. The van der Waals surface area contributed by atoms with Crippen LogP contribution >= 0.6 is 0 Å². The molecule has 1 aliphatic heterocycles. The highest BCUT2D eigenvalue weighted by Gasteiger charge is 2.32. The zero-order chi connectivity index (χ0) is 9.10. The second-order valence-electron chi connectivity index (χ2n) is 4.31. The summed E-state index contributed by atoms with van der Waals surface area (Å²) in [6.45, 7) is 0.655. The maximum Gasteiger partial charge on any atom is 0.309 e. The minimum absolute atomic E-state index is 0.0816. The quantitative estimate of drug-likeness (QED) is 0.582. The molecule has 0 amide bonds. The van der Waals surface area contributed by atoms with E-state index in [0.29, 0.717) is 12.5 Å². The first-order valence-corrected chi connectivity index (χ1v) is 5.54. The van der Waals surface area contributed by atoms with Crippen LogP contribution in [0.4, 0.5) is 0 Å². The van der Waals surface area contributed by atoms with E-state index in [2.05, 4.69) is 0 Å². The summed E-state index contributed by atoms with van der Waals surface area (Å²) in [6, 6.07) is 0. The van der Waals surface area contributed by atoms with Gasteiger partial charge in [-0.25, -0.2) is 0 Å². The summed E-state index contributed by atoms with van der Waals surface area (Å²) in [4.78, 5) is 11.5. The van der Waals surface area contributed by atoms with Crippen LogP contribution in [0.25, 0.3) is 0 Å². The first-order valence-electron chi connectivity index (χ1n) is 5.54. The lowest BCUT2D eigenvalue weighted by atomic mass is 9.77. The van der Waals surface area contributed by atoms with Gasteiger partial charge in [-0.3, -0.25) is 4.79 Å². The Balaban J connectivity index is 1.92. The topological polar surface area (TPSA) is 26.3 Å². The normalized spacial score (nSPS) is 31.4. The molecule has 0 N–H and O–H groups in total. The molecule has 2 aliphatic rings. The van der Waals surface area contributed by atoms with E-state index >= 15 is 0 Å². The van der Waals surface area contributed by atoms with Gasteiger partial charge in [0.2, 0.25) is 0 Å². The number of hydrogen-bond donors (Lipinski definition) is 0. The Labute approximate surface area is 79.7 Å². The number of hydrogen-bond acceptors (Lipinski definition) is 2. The molecule has 2 fully saturated rings. The summed E-state index contributed by atoms with van der Waals surface area (Å²) >= 11 is 0. The fourth-order valence-electron chi connectivity index (χ4n) is 2.67. The van der Waals surface area contributed by atoms with Gasteiger partial charge in [0, 0.05) is 0 Å². The highest BCUT2D eigenvalue weighted by Crippen LogP contribution is 2.34. The van der Waals surface area contributed by atoms with Crippen molar-refractivity contribution in [2.45, 2.75) is 44.9 Å². The van der Waals surface area contributed by atoms with Crippen LogP contribution in [0, 0.1) is 11.8 Å². The van der Waals surface area contributed by atoms with Gasteiger partial charge in [-0.15, -0.1) is 0 Å². The fraction of sp³-hybridized carbons (Fsp3) is 0.909. The van der Waals surface area contributed by atoms with E-state index in [1.165, 1.54) is 32.1 Å². The lowest BCUT2D eigenvalue weighted by Crippen LogP contribution is -2.31. The van der Waals surface area contributed by atoms with Crippen molar-refractivity contribution in [1.29, 1.82) is 0 Å². The van der Waals surface area contributed by atoms with E-state index in [1.807, 2.05) is 0 Å². The summed E-state index contributed by atoms with van der Waals surface area (Å²) in [6.07, 6.45) is 8.64.